The fourth-order valence-electron chi connectivity index (χ4n) is 3.26. The molecule has 0 unspecified atom stereocenters. The van der Waals surface area contributed by atoms with Crippen LogP contribution in [0.5, 0.6) is 5.75 Å². The van der Waals surface area contributed by atoms with Crippen LogP contribution < -0.4 is 10.1 Å². The molecule has 3 rings (SSSR count). The molecule has 0 aliphatic carbocycles. The van der Waals surface area contributed by atoms with Crippen LogP contribution in [0.3, 0.4) is 0 Å². The van der Waals surface area contributed by atoms with E-state index in [1.54, 1.807) is 12.1 Å². The monoisotopic (exact) mass is 394 g/mol. The summed E-state index contributed by atoms with van der Waals surface area (Å²) in [6.07, 6.45) is 2.07. The van der Waals surface area contributed by atoms with Gasteiger partial charge >= 0.3 is 0 Å². The number of anilines is 1. The van der Waals surface area contributed by atoms with E-state index in [0.29, 0.717) is 23.1 Å². The number of nitrogens with zero attached hydrogens (tertiary/aromatic N) is 1. The van der Waals surface area contributed by atoms with Crippen molar-refractivity contribution in [2.75, 3.05) is 11.9 Å². The number of amides is 1. The third-order valence-electron chi connectivity index (χ3n) is 4.52. The molecule has 1 N–H and O–H groups in total. The SMILES string of the molecule is CCCCOc1cccc(C(=O)Nc2nc(-c3c(C)cc(C)cc3C)cs2)c1. The van der Waals surface area contributed by atoms with Gasteiger partial charge in [0.05, 0.1) is 12.3 Å². The lowest BCUT2D eigenvalue weighted by molar-refractivity contribution is 0.102. The molecule has 0 fully saturated rings. The van der Waals surface area contributed by atoms with E-state index in [1.165, 1.54) is 28.0 Å². The fraction of sp³-hybridized carbons (Fsp3) is 0.304. The zero-order valence-electron chi connectivity index (χ0n) is 16.8. The number of ether oxygens (including phenoxy) is 1. The van der Waals surface area contributed by atoms with E-state index in [0.717, 1.165) is 24.1 Å². The Morgan fingerprint density at radius 2 is 1.89 bits per heavy atom. The predicted octanol–water partition coefficient (Wildman–Crippen LogP) is 6.17. The van der Waals surface area contributed by atoms with Crippen molar-refractivity contribution in [2.24, 2.45) is 0 Å². The first-order chi connectivity index (χ1) is 13.5. The molecule has 0 saturated heterocycles. The lowest BCUT2D eigenvalue weighted by atomic mass is 9.98. The van der Waals surface area contributed by atoms with Gasteiger partial charge in [-0.2, -0.15) is 0 Å². The average molecular weight is 395 g/mol. The average Bonchev–Trinajstić information content (AvgIpc) is 3.09. The number of aromatic nitrogens is 1. The molecule has 2 aromatic carbocycles. The summed E-state index contributed by atoms with van der Waals surface area (Å²) in [6, 6.07) is 11.6. The largest absolute Gasteiger partial charge is 0.494 e. The molecule has 1 heterocycles. The zero-order chi connectivity index (χ0) is 20.1. The normalized spacial score (nSPS) is 10.7. The van der Waals surface area contributed by atoms with Crippen molar-refractivity contribution in [3.05, 3.63) is 64.0 Å². The number of carbonyl (C=O) groups is 1. The van der Waals surface area contributed by atoms with Crippen LogP contribution in [0.4, 0.5) is 5.13 Å². The summed E-state index contributed by atoms with van der Waals surface area (Å²) in [5.41, 5.74) is 6.22. The van der Waals surface area contributed by atoms with E-state index < -0.39 is 0 Å². The lowest BCUT2D eigenvalue weighted by Crippen LogP contribution is -2.12. The van der Waals surface area contributed by atoms with Gasteiger partial charge in [0.25, 0.3) is 5.91 Å². The van der Waals surface area contributed by atoms with Crippen LogP contribution in [0.2, 0.25) is 0 Å². The van der Waals surface area contributed by atoms with Gasteiger partial charge < -0.3 is 4.74 Å². The number of thiazole rings is 1. The fourth-order valence-corrected chi connectivity index (χ4v) is 3.96. The van der Waals surface area contributed by atoms with Crippen molar-refractivity contribution >= 4 is 22.4 Å². The van der Waals surface area contributed by atoms with E-state index in [4.69, 9.17) is 4.74 Å². The highest BCUT2D eigenvalue weighted by molar-refractivity contribution is 7.14. The summed E-state index contributed by atoms with van der Waals surface area (Å²) in [7, 11) is 0. The van der Waals surface area contributed by atoms with E-state index in [-0.39, 0.29) is 5.91 Å². The second-order valence-corrected chi connectivity index (χ2v) is 7.85. The molecule has 1 aromatic heterocycles. The zero-order valence-corrected chi connectivity index (χ0v) is 17.7. The molecule has 4 nitrogen and oxygen atoms in total. The Bertz CT molecular complexity index is 955. The number of benzene rings is 2. The minimum absolute atomic E-state index is 0.181. The molecule has 3 aromatic rings. The number of hydrogen-bond donors (Lipinski definition) is 1. The summed E-state index contributed by atoms with van der Waals surface area (Å²) < 4.78 is 5.69. The molecule has 0 aliphatic rings. The number of rotatable bonds is 7. The summed E-state index contributed by atoms with van der Waals surface area (Å²) >= 11 is 1.44. The van der Waals surface area contributed by atoms with Crippen LogP contribution in [0.1, 0.15) is 46.8 Å². The maximum atomic E-state index is 12.6. The van der Waals surface area contributed by atoms with Crippen molar-refractivity contribution in [2.45, 2.75) is 40.5 Å². The number of unbranched alkanes of at least 4 members (excludes halogenated alkanes) is 1. The van der Waals surface area contributed by atoms with Crippen LogP contribution in [0, 0.1) is 20.8 Å². The second kappa shape index (κ2) is 9.02. The predicted molar refractivity (Wildman–Crippen MR) is 117 cm³/mol. The topological polar surface area (TPSA) is 51.2 Å². The molecule has 0 bridgehead atoms. The van der Waals surface area contributed by atoms with Crippen molar-refractivity contribution in [1.29, 1.82) is 0 Å². The Kier molecular flexibility index (Phi) is 6.47. The van der Waals surface area contributed by atoms with E-state index >= 15 is 0 Å². The summed E-state index contributed by atoms with van der Waals surface area (Å²) in [5, 5.41) is 5.49. The summed E-state index contributed by atoms with van der Waals surface area (Å²) in [5.74, 6) is 0.533. The first-order valence-electron chi connectivity index (χ1n) is 9.56. The number of aryl methyl sites for hydroxylation is 3. The highest BCUT2D eigenvalue weighted by atomic mass is 32.1. The maximum absolute atomic E-state index is 12.6. The summed E-state index contributed by atoms with van der Waals surface area (Å²) in [6.45, 7) is 9.06. The van der Waals surface area contributed by atoms with Crippen molar-refractivity contribution < 1.29 is 9.53 Å². The Morgan fingerprint density at radius 3 is 2.61 bits per heavy atom. The van der Waals surface area contributed by atoms with Gasteiger partial charge in [0, 0.05) is 16.5 Å². The molecule has 28 heavy (non-hydrogen) atoms. The van der Waals surface area contributed by atoms with Crippen LogP contribution in [0.15, 0.2) is 41.8 Å². The molecule has 0 atom stereocenters. The van der Waals surface area contributed by atoms with E-state index in [2.05, 4.69) is 50.1 Å². The van der Waals surface area contributed by atoms with Crippen LogP contribution >= 0.6 is 11.3 Å². The van der Waals surface area contributed by atoms with Crippen molar-refractivity contribution in [3.8, 4) is 17.0 Å². The van der Waals surface area contributed by atoms with Crippen molar-refractivity contribution in [3.63, 3.8) is 0 Å². The van der Waals surface area contributed by atoms with Crippen LogP contribution in [-0.4, -0.2) is 17.5 Å². The first-order valence-corrected chi connectivity index (χ1v) is 10.4. The first kappa shape index (κ1) is 20.1. The van der Waals surface area contributed by atoms with Gasteiger partial charge in [-0.1, -0.05) is 37.1 Å². The third kappa shape index (κ3) is 4.78. The number of nitrogens with one attached hydrogen (secondary N) is 1. The van der Waals surface area contributed by atoms with Gasteiger partial charge in [-0.3, -0.25) is 10.1 Å². The van der Waals surface area contributed by atoms with Gasteiger partial charge in [0.15, 0.2) is 5.13 Å². The van der Waals surface area contributed by atoms with Gasteiger partial charge in [0.2, 0.25) is 0 Å². The highest BCUT2D eigenvalue weighted by Crippen LogP contribution is 2.31. The molecular weight excluding hydrogens is 368 g/mol. The third-order valence-corrected chi connectivity index (χ3v) is 5.28. The van der Waals surface area contributed by atoms with Crippen molar-refractivity contribution in [1.82, 2.24) is 4.98 Å². The van der Waals surface area contributed by atoms with Crippen LogP contribution in [0.25, 0.3) is 11.3 Å². The smallest absolute Gasteiger partial charge is 0.257 e. The molecule has 5 heteroatoms. The molecule has 1 amide bonds. The van der Waals surface area contributed by atoms with Gasteiger partial charge in [-0.25, -0.2) is 4.98 Å². The highest BCUT2D eigenvalue weighted by Gasteiger charge is 2.13. The van der Waals surface area contributed by atoms with E-state index in [1.807, 2.05) is 17.5 Å². The quantitative estimate of drug-likeness (QED) is 0.488. The Hall–Kier alpha value is -2.66. The molecule has 0 spiro atoms. The molecule has 0 radical (unpaired) electrons. The molecular formula is C23H26N2O2S. The minimum Gasteiger partial charge on any atom is -0.494 e. The van der Waals surface area contributed by atoms with Gasteiger partial charge in [0.1, 0.15) is 5.75 Å². The van der Waals surface area contributed by atoms with E-state index in [9.17, 15) is 4.79 Å². The Balaban J connectivity index is 1.74. The Morgan fingerprint density at radius 1 is 1.14 bits per heavy atom. The standard InChI is InChI=1S/C23H26N2O2S/c1-5-6-10-27-19-9-7-8-18(13-19)22(26)25-23-24-20(14-28-23)21-16(3)11-15(2)12-17(21)4/h7-9,11-14H,5-6,10H2,1-4H3,(H,24,25,26). The van der Waals surface area contributed by atoms with Crippen LogP contribution in [-0.2, 0) is 0 Å². The van der Waals surface area contributed by atoms with Gasteiger partial charge in [-0.15, -0.1) is 11.3 Å². The minimum atomic E-state index is -0.181. The molecule has 146 valence electrons. The lowest BCUT2D eigenvalue weighted by Gasteiger charge is -2.09. The second-order valence-electron chi connectivity index (χ2n) is 7.00. The molecule has 0 aliphatic heterocycles. The summed E-state index contributed by atoms with van der Waals surface area (Å²) in [4.78, 5) is 17.3. The number of hydrogen-bond acceptors (Lipinski definition) is 4. The van der Waals surface area contributed by atoms with Gasteiger partial charge in [-0.05, 0) is 56.5 Å². The molecule has 0 saturated carbocycles. The maximum Gasteiger partial charge on any atom is 0.257 e. The Labute approximate surface area is 170 Å². The number of carbonyl (C=O) groups excluding carboxylic acids is 1.